The van der Waals surface area contributed by atoms with Gasteiger partial charge in [0.2, 0.25) is 0 Å². The summed E-state index contributed by atoms with van der Waals surface area (Å²) in [6.45, 7) is 2.89. The minimum atomic E-state index is -4.74. The molecule has 1 saturated heterocycles. The molecule has 3 aromatic carbocycles. The van der Waals surface area contributed by atoms with Crippen molar-refractivity contribution in [3.63, 3.8) is 0 Å². The Balaban J connectivity index is 1.36. The van der Waals surface area contributed by atoms with Gasteiger partial charge in [-0.2, -0.15) is 5.10 Å². The van der Waals surface area contributed by atoms with E-state index in [1.165, 1.54) is 30.6 Å². The average Bonchev–Trinajstić information content (AvgIpc) is 3.37. The van der Waals surface area contributed by atoms with E-state index in [0.717, 1.165) is 40.0 Å². The number of thioether (sulfide) groups is 1. The minimum absolute atomic E-state index is 0.229. The molecule has 0 bridgehead atoms. The number of halogens is 3. The molecule has 1 fully saturated rings. The summed E-state index contributed by atoms with van der Waals surface area (Å²) in [5.74, 6) is 1.64. The number of rotatable bonds is 8. The third-order valence-electron chi connectivity index (χ3n) is 5.50. The molecule has 12 heteroatoms. The summed E-state index contributed by atoms with van der Waals surface area (Å²) in [4.78, 5) is 10.3. The Bertz CT molecular complexity index is 1400. The molecule has 0 amide bonds. The second-order valence-electron chi connectivity index (χ2n) is 8.20. The van der Waals surface area contributed by atoms with Crippen molar-refractivity contribution in [2.24, 2.45) is 25.9 Å². The van der Waals surface area contributed by atoms with E-state index >= 15 is 0 Å². The molecule has 1 heterocycles. The number of aryl methyl sites for hydroxylation is 1. The molecule has 202 valence electrons. The van der Waals surface area contributed by atoms with Crippen LogP contribution in [0.3, 0.4) is 0 Å². The first-order valence-corrected chi connectivity index (χ1v) is 12.7. The van der Waals surface area contributed by atoms with Crippen LogP contribution in [0.5, 0.6) is 11.5 Å². The Morgan fingerprint density at radius 3 is 2.41 bits per heavy atom. The van der Waals surface area contributed by atoms with Crippen LogP contribution in [0.4, 0.5) is 24.5 Å². The molecule has 39 heavy (non-hydrogen) atoms. The molecule has 0 aromatic heterocycles. The van der Waals surface area contributed by atoms with Crippen molar-refractivity contribution in [3.05, 3.63) is 83.4 Å². The zero-order valence-electron chi connectivity index (χ0n) is 21.1. The first-order chi connectivity index (χ1) is 18.7. The number of nitrogens with zero attached hydrogens (tertiary/aromatic N) is 5. The van der Waals surface area contributed by atoms with Gasteiger partial charge in [0.05, 0.1) is 19.0 Å². The zero-order chi connectivity index (χ0) is 27.8. The van der Waals surface area contributed by atoms with Gasteiger partial charge in [0.25, 0.3) is 0 Å². The van der Waals surface area contributed by atoms with E-state index in [4.69, 9.17) is 10.5 Å². The van der Waals surface area contributed by atoms with Gasteiger partial charge in [-0.1, -0.05) is 36.0 Å². The predicted octanol–water partition coefficient (Wildman–Crippen LogP) is 5.91. The maximum absolute atomic E-state index is 12.2. The van der Waals surface area contributed by atoms with Crippen LogP contribution < -0.4 is 20.1 Å². The van der Waals surface area contributed by atoms with Crippen molar-refractivity contribution in [1.29, 1.82) is 0 Å². The normalized spacial score (nSPS) is 15.6. The van der Waals surface area contributed by atoms with Gasteiger partial charge in [-0.3, -0.25) is 0 Å². The maximum atomic E-state index is 12.2. The third-order valence-corrected chi connectivity index (χ3v) is 6.45. The number of alkyl halides is 3. The fourth-order valence-electron chi connectivity index (χ4n) is 3.62. The molecular formula is C27H25F3N6O2S. The van der Waals surface area contributed by atoms with Crippen LogP contribution in [0.25, 0.3) is 0 Å². The lowest BCUT2D eigenvalue weighted by Crippen LogP contribution is -2.24. The van der Waals surface area contributed by atoms with E-state index in [1.54, 1.807) is 37.2 Å². The van der Waals surface area contributed by atoms with Crippen LogP contribution in [0.2, 0.25) is 0 Å². The van der Waals surface area contributed by atoms with E-state index in [9.17, 15) is 13.2 Å². The first kappa shape index (κ1) is 27.7. The average molecular weight is 555 g/mol. The van der Waals surface area contributed by atoms with E-state index in [-0.39, 0.29) is 11.6 Å². The Hall–Kier alpha value is -4.32. The number of benzene rings is 3. The number of aliphatic imine (C=N–C) groups is 2. The van der Waals surface area contributed by atoms with Crippen molar-refractivity contribution in [3.8, 4) is 11.5 Å². The highest BCUT2D eigenvalue weighted by atomic mass is 32.2. The molecule has 3 aromatic rings. The molecule has 0 aliphatic carbocycles. The van der Waals surface area contributed by atoms with Crippen LogP contribution in [0, 0.1) is 6.92 Å². The quantitative estimate of drug-likeness (QED) is 0.212. The first-order valence-electron chi connectivity index (χ1n) is 11.7. The molecule has 0 spiro atoms. The molecule has 2 N–H and O–H groups in total. The number of ether oxygens (including phenoxy) is 2. The van der Waals surface area contributed by atoms with E-state index in [2.05, 4.69) is 29.8 Å². The van der Waals surface area contributed by atoms with Crippen LogP contribution in [-0.2, 0) is 0 Å². The fourth-order valence-corrected chi connectivity index (χ4v) is 4.52. The van der Waals surface area contributed by atoms with Gasteiger partial charge >= 0.3 is 6.36 Å². The Morgan fingerprint density at radius 1 is 1.03 bits per heavy atom. The van der Waals surface area contributed by atoms with Gasteiger partial charge in [0, 0.05) is 23.5 Å². The van der Waals surface area contributed by atoms with Gasteiger partial charge in [-0.25, -0.2) is 9.98 Å². The number of hydrogen-bond donors (Lipinski definition) is 1. The van der Waals surface area contributed by atoms with Crippen molar-refractivity contribution < 1.29 is 22.6 Å². The lowest BCUT2D eigenvalue weighted by atomic mass is 10.1. The fraction of sp³-hybridized carbons (Fsp3) is 0.185. The summed E-state index contributed by atoms with van der Waals surface area (Å²) >= 11 is 1.65. The van der Waals surface area contributed by atoms with Crippen molar-refractivity contribution in [2.75, 3.05) is 24.3 Å². The molecule has 1 aliphatic heterocycles. The lowest BCUT2D eigenvalue weighted by molar-refractivity contribution is -0.274. The smallest absolute Gasteiger partial charge is 0.497 e. The number of hydrogen-bond acceptors (Lipinski definition) is 6. The van der Waals surface area contributed by atoms with Crippen molar-refractivity contribution in [2.45, 2.75) is 13.3 Å². The highest BCUT2D eigenvalue weighted by Crippen LogP contribution is 2.30. The van der Waals surface area contributed by atoms with Crippen LogP contribution in [0.1, 0.15) is 16.7 Å². The Labute approximate surface area is 227 Å². The van der Waals surface area contributed by atoms with E-state index in [0.29, 0.717) is 11.3 Å². The number of nitrogens with two attached hydrogens (primary N) is 1. The summed E-state index contributed by atoms with van der Waals surface area (Å²) in [5, 5.41) is 9.52. The van der Waals surface area contributed by atoms with Crippen LogP contribution >= 0.6 is 11.8 Å². The minimum Gasteiger partial charge on any atom is -0.497 e. The highest BCUT2D eigenvalue weighted by molar-refractivity contribution is 8.14. The number of methoxy groups -OCH3 is 1. The molecule has 0 radical (unpaired) electrons. The topological polar surface area (TPSA) is 97.2 Å². The van der Waals surface area contributed by atoms with E-state index < -0.39 is 6.36 Å². The summed E-state index contributed by atoms with van der Waals surface area (Å²) < 4.78 is 45.9. The predicted molar refractivity (Wildman–Crippen MR) is 151 cm³/mol. The molecule has 8 nitrogen and oxygen atoms in total. The number of anilines is 1. The second-order valence-corrected chi connectivity index (χ2v) is 9.26. The largest absolute Gasteiger partial charge is 0.573 e. The second kappa shape index (κ2) is 12.5. The van der Waals surface area contributed by atoms with Gasteiger partial charge in [-0.15, -0.1) is 18.3 Å². The lowest BCUT2D eigenvalue weighted by Gasteiger charge is -2.20. The molecule has 0 atom stereocenters. The van der Waals surface area contributed by atoms with E-state index in [1.807, 2.05) is 37.3 Å². The summed E-state index contributed by atoms with van der Waals surface area (Å²) in [5.41, 5.74) is 10.1. The summed E-state index contributed by atoms with van der Waals surface area (Å²) in [6, 6.07) is 18.3. The van der Waals surface area contributed by atoms with Gasteiger partial charge < -0.3 is 20.1 Å². The standard InChI is InChI=1S/C27H25F3N6O2S/c1-18-15-23(37-2)11-12-24(18)36-13-14-39-26(36)35-34-16-19-3-5-20(6-4-19)25(31)33-17-32-21-7-9-22(10-8-21)38-27(28,29)30/h3-12,15-17H,13-14H2,1-2H3,(H2,31,32,33)/b34-16-,35-26+. The number of amidine groups is 2. The summed E-state index contributed by atoms with van der Waals surface area (Å²) in [7, 11) is 1.65. The van der Waals surface area contributed by atoms with Crippen LogP contribution in [-0.4, -0.2) is 49.3 Å². The van der Waals surface area contributed by atoms with Gasteiger partial charge in [0.1, 0.15) is 23.7 Å². The molecule has 1 aliphatic rings. The maximum Gasteiger partial charge on any atom is 0.573 e. The Kier molecular flexibility index (Phi) is 8.87. The molecule has 0 unspecified atom stereocenters. The molecule has 0 saturated carbocycles. The van der Waals surface area contributed by atoms with Gasteiger partial charge in [-0.05, 0) is 60.5 Å². The summed E-state index contributed by atoms with van der Waals surface area (Å²) in [6.07, 6.45) is -1.85. The zero-order valence-corrected chi connectivity index (χ0v) is 21.9. The molecule has 4 rings (SSSR count). The Morgan fingerprint density at radius 2 is 1.74 bits per heavy atom. The van der Waals surface area contributed by atoms with Crippen LogP contribution in [0.15, 0.2) is 86.9 Å². The van der Waals surface area contributed by atoms with Crippen molar-refractivity contribution in [1.82, 2.24) is 0 Å². The SMILES string of the molecule is COc1ccc(N2CCS/C2=N/N=C\c2ccc(C(N)=NC=Nc3ccc(OC(F)(F)F)cc3)cc2)c(C)c1. The van der Waals surface area contributed by atoms with Crippen molar-refractivity contribution >= 4 is 46.7 Å². The highest BCUT2D eigenvalue weighted by Gasteiger charge is 2.31. The third kappa shape index (κ3) is 7.84. The van der Waals surface area contributed by atoms with Gasteiger partial charge in [0.15, 0.2) is 5.17 Å². The monoisotopic (exact) mass is 554 g/mol. The molecular weight excluding hydrogens is 529 g/mol.